The van der Waals surface area contributed by atoms with Gasteiger partial charge in [0.25, 0.3) is 0 Å². The van der Waals surface area contributed by atoms with Crippen LogP contribution >= 0.6 is 22.6 Å². The van der Waals surface area contributed by atoms with Crippen molar-refractivity contribution in [3.05, 3.63) is 51.7 Å². The number of anilines is 1. The molecule has 0 aliphatic rings. The van der Waals surface area contributed by atoms with Crippen molar-refractivity contribution < 1.29 is 4.74 Å². The number of methoxy groups -OCH3 is 1. The van der Waals surface area contributed by atoms with Crippen molar-refractivity contribution in [1.29, 1.82) is 0 Å². The monoisotopic (exact) mass is 354 g/mol. The number of benzene rings is 1. The summed E-state index contributed by atoms with van der Waals surface area (Å²) in [6.45, 7) is 2.13. The largest absolute Gasteiger partial charge is 0.481 e. The lowest BCUT2D eigenvalue weighted by molar-refractivity contribution is 0.398. The number of hydrogen-bond acceptors (Lipinski definition) is 3. The van der Waals surface area contributed by atoms with Crippen LogP contribution in [0.2, 0.25) is 0 Å². The Morgan fingerprint density at radius 3 is 2.44 bits per heavy atom. The molecule has 0 aliphatic carbocycles. The molecule has 2 rings (SSSR count). The molecule has 0 bridgehead atoms. The van der Waals surface area contributed by atoms with Crippen molar-refractivity contribution >= 4 is 28.3 Å². The zero-order chi connectivity index (χ0) is 13.0. The number of ether oxygens (including phenoxy) is 1. The number of pyridine rings is 1. The van der Waals surface area contributed by atoms with Gasteiger partial charge >= 0.3 is 0 Å². The highest BCUT2D eigenvalue weighted by Gasteiger charge is 2.05. The van der Waals surface area contributed by atoms with E-state index in [2.05, 4.69) is 64.1 Å². The lowest BCUT2D eigenvalue weighted by atomic mass is 10.1. The van der Waals surface area contributed by atoms with Gasteiger partial charge in [0.2, 0.25) is 5.88 Å². The van der Waals surface area contributed by atoms with Gasteiger partial charge in [0, 0.05) is 15.7 Å². The van der Waals surface area contributed by atoms with Gasteiger partial charge in [0.1, 0.15) is 0 Å². The second-order valence-corrected chi connectivity index (χ2v) is 5.25. The maximum absolute atomic E-state index is 5.03. The standard InChI is InChI=1S/C14H15IN2O/c1-10(11-3-5-12(15)6-4-11)17-13-7-8-14(18-2)16-9-13/h3-10,17H,1-2H3. The summed E-state index contributed by atoms with van der Waals surface area (Å²) in [7, 11) is 1.61. The van der Waals surface area contributed by atoms with E-state index in [1.54, 1.807) is 13.3 Å². The second kappa shape index (κ2) is 6.04. The van der Waals surface area contributed by atoms with Crippen molar-refractivity contribution in [1.82, 2.24) is 4.98 Å². The molecule has 1 aromatic heterocycles. The van der Waals surface area contributed by atoms with Gasteiger partial charge < -0.3 is 10.1 Å². The van der Waals surface area contributed by atoms with Gasteiger partial charge in [-0.2, -0.15) is 0 Å². The topological polar surface area (TPSA) is 34.1 Å². The van der Waals surface area contributed by atoms with E-state index in [1.807, 2.05) is 12.1 Å². The van der Waals surface area contributed by atoms with Crippen LogP contribution in [0.3, 0.4) is 0 Å². The molecule has 1 aromatic carbocycles. The van der Waals surface area contributed by atoms with Crippen LogP contribution in [-0.4, -0.2) is 12.1 Å². The first-order chi connectivity index (χ1) is 8.69. The van der Waals surface area contributed by atoms with E-state index in [1.165, 1.54) is 9.13 Å². The molecule has 1 unspecified atom stereocenters. The van der Waals surface area contributed by atoms with Crippen molar-refractivity contribution in [2.24, 2.45) is 0 Å². The second-order valence-electron chi connectivity index (χ2n) is 4.01. The van der Waals surface area contributed by atoms with Crippen molar-refractivity contribution in [3.63, 3.8) is 0 Å². The van der Waals surface area contributed by atoms with E-state index in [0.717, 1.165) is 5.69 Å². The third kappa shape index (κ3) is 3.35. The molecule has 0 amide bonds. The first-order valence-corrected chi connectivity index (χ1v) is 6.79. The van der Waals surface area contributed by atoms with Crippen LogP contribution in [0, 0.1) is 3.57 Å². The van der Waals surface area contributed by atoms with Gasteiger partial charge in [-0.25, -0.2) is 4.98 Å². The van der Waals surface area contributed by atoms with Gasteiger partial charge in [-0.3, -0.25) is 0 Å². The molecule has 0 spiro atoms. The van der Waals surface area contributed by atoms with Gasteiger partial charge in [0.15, 0.2) is 0 Å². The van der Waals surface area contributed by atoms with Crippen molar-refractivity contribution in [3.8, 4) is 5.88 Å². The summed E-state index contributed by atoms with van der Waals surface area (Å²) in [5, 5.41) is 3.41. The third-order valence-electron chi connectivity index (χ3n) is 2.70. The Morgan fingerprint density at radius 1 is 1.17 bits per heavy atom. The minimum absolute atomic E-state index is 0.247. The maximum Gasteiger partial charge on any atom is 0.213 e. The summed E-state index contributed by atoms with van der Waals surface area (Å²) in [5.74, 6) is 0.627. The molecule has 1 atom stereocenters. The Hall–Kier alpha value is -1.30. The number of hydrogen-bond donors (Lipinski definition) is 1. The first kappa shape index (κ1) is 13.1. The predicted octanol–water partition coefficient (Wildman–Crippen LogP) is 3.87. The molecule has 18 heavy (non-hydrogen) atoms. The summed E-state index contributed by atoms with van der Waals surface area (Å²) in [4.78, 5) is 4.17. The fourth-order valence-electron chi connectivity index (χ4n) is 1.67. The molecule has 4 heteroatoms. The molecule has 94 valence electrons. The molecular formula is C14H15IN2O. The molecule has 0 saturated carbocycles. The van der Waals surface area contributed by atoms with E-state index in [9.17, 15) is 0 Å². The van der Waals surface area contributed by atoms with E-state index >= 15 is 0 Å². The highest BCUT2D eigenvalue weighted by Crippen LogP contribution is 2.20. The van der Waals surface area contributed by atoms with Crippen molar-refractivity contribution in [2.75, 3.05) is 12.4 Å². The Kier molecular flexibility index (Phi) is 4.41. The molecule has 0 fully saturated rings. The molecule has 0 saturated heterocycles. The normalized spacial score (nSPS) is 11.9. The first-order valence-electron chi connectivity index (χ1n) is 5.71. The Morgan fingerprint density at radius 2 is 1.89 bits per heavy atom. The highest BCUT2D eigenvalue weighted by atomic mass is 127. The van der Waals surface area contributed by atoms with Gasteiger partial charge in [0.05, 0.1) is 19.0 Å². The van der Waals surface area contributed by atoms with E-state index < -0.39 is 0 Å². The fourth-order valence-corrected chi connectivity index (χ4v) is 2.03. The molecule has 3 nitrogen and oxygen atoms in total. The summed E-state index contributed by atoms with van der Waals surface area (Å²) in [6.07, 6.45) is 1.78. The molecule has 0 radical (unpaired) electrons. The van der Waals surface area contributed by atoms with Gasteiger partial charge in [-0.05, 0) is 53.3 Å². The smallest absolute Gasteiger partial charge is 0.213 e. The third-order valence-corrected chi connectivity index (χ3v) is 3.42. The molecule has 0 aliphatic heterocycles. The number of nitrogens with zero attached hydrogens (tertiary/aromatic N) is 1. The minimum atomic E-state index is 0.247. The SMILES string of the molecule is COc1ccc(NC(C)c2ccc(I)cc2)cn1. The van der Waals surface area contributed by atoms with E-state index in [-0.39, 0.29) is 6.04 Å². The quantitative estimate of drug-likeness (QED) is 0.847. The predicted molar refractivity (Wildman–Crippen MR) is 82.0 cm³/mol. The number of nitrogens with one attached hydrogen (secondary N) is 1. The molecule has 2 aromatic rings. The lowest BCUT2D eigenvalue weighted by Gasteiger charge is -2.15. The summed E-state index contributed by atoms with van der Waals surface area (Å²) in [5.41, 5.74) is 2.24. The average molecular weight is 354 g/mol. The lowest BCUT2D eigenvalue weighted by Crippen LogP contribution is -2.06. The zero-order valence-electron chi connectivity index (χ0n) is 10.4. The van der Waals surface area contributed by atoms with Crippen molar-refractivity contribution in [2.45, 2.75) is 13.0 Å². The van der Waals surface area contributed by atoms with E-state index in [4.69, 9.17) is 4.74 Å². The van der Waals surface area contributed by atoms with Crippen LogP contribution in [0.1, 0.15) is 18.5 Å². The fraction of sp³-hybridized carbons (Fsp3) is 0.214. The Labute approximate surface area is 121 Å². The van der Waals surface area contributed by atoms with Crippen LogP contribution in [0.5, 0.6) is 5.88 Å². The molecule has 1 heterocycles. The van der Waals surface area contributed by atoms with Gasteiger partial charge in [-0.1, -0.05) is 12.1 Å². The molecule has 1 N–H and O–H groups in total. The maximum atomic E-state index is 5.03. The molecular weight excluding hydrogens is 339 g/mol. The number of aromatic nitrogens is 1. The highest BCUT2D eigenvalue weighted by molar-refractivity contribution is 14.1. The average Bonchev–Trinajstić information content (AvgIpc) is 2.40. The van der Waals surface area contributed by atoms with Crippen LogP contribution in [0.25, 0.3) is 0 Å². The Bertz CT molecular complexity index is 496. The summed E-state index contributed by atoms with van der Waals surface area (Å²) in [6, 6.07) is 12.6. The number of halogens is 1. The van der Waals surface area contributed by atoms with E-state index in [0.29, 0.717) is 5.88 Å². The van der Waals surface area contributed by atoms with Crippen LogP contribution < -0.4 is 10.1 Å². The van der Waals surface area contributed by atoms with Crippen LogP contribution in [0.4, 0.5) is 5.69 Å². The number of rotatable bonds is 4. The van der Waals surface area contributed by atoms with Crippen LogP contribution in [0.15, 0.2) is 42.6 Å². The van der Waals surface area contributed by atoms with Crippen LogP contribution in [-0.2, 0) is 0 Å². The zero-order valence-corrected chi connectivity index (χ0v) is 12.5. The summed E-state index contributed by atoms with van der Waals surface area (Å²) >= 11 is 2.31. The minimum Gasteiger partial charge on any atom is -0.481 e. The Balaban J connectivity index is 2.05. The van der Waals surface area contributed by atoms with Gasteiger partial charge in [-0.15, -0.1) is 0 Å². The summed E-state index contributed by atoms with van der Waals surface area (Å²) < 4.78 is 6.28.